The molecule has 0 saturated carbocycles. The number of amides is 3. The highest BCUT2D eigenvalue weighted by Gasteiger charge is 2.21. The Balaban J connectivity index is 1.30. The second-order valence-corrected chi connectivity index (χ2v) is 8.13. The molecule has 0 unspecified atom stereocenters. The molecule has 3 aromatic rings. The Morgan fingerprint density at radius 2 is 1.69 bits per heavy atom. The molecule has 0 atom stereocenters. The second kappa shape index (κ2) is 11.3. The van der Waals surface area contributed by atoms with E-state index in [1.807, 2.05) is 0 Å². The summed E-state index contributed by atoms with van der Waals surface area (Å²) >= 11 is 0. The molecular formula is C24H26FN7O3. The van der Waals surface area contributed by atoms with Crippen LogP contribution in [-0.4, -0.2) is 63.8 Å². The van der Waals surface area contributed by atoms with E-state index in [0.717, 1.165) is 19.6 Å². The maximum absolute atomic E-state index is 13.0. The standard InChI is InChI=1S/C24H26FN7O3/c25-17-6-4-16(5-7-17)22(33)31-19-9-8-18(14-27-19)30-24(35)21-20(28-15-29-21)23(34)26-10-13-32-11-2-1-3-12-32/h4-9,14-15H,1-3,10-13H2,(H,26,34)(H,28,29)(H,30,35)(H,27,31,33). The fourth-order valence-corrected chi connectivity index (χ4v) is 3.76. The van der Waals surface area contributed by atoms with Gasteiger partial charge in [0.25, 0.3) is 17.7 Å². The van der Waals surface area contributed by atoms with Crippen LogP contribution in [0.2, 0.25) is 0 Å². The summed E-state index contributed by atoms with van der Waals surface area (Å²) in [6.45, 7) is 3.32. The van der Waals surface area contributed by atoms with Crippen molar-refractivity contribution in [3.05, 3.63) is 71.7 Å². The Kier molecular flexibility index (Phi) is 7.78. The van der Waals surface area contributed by atoms with Gasteiger partial charge in [-0.05, 0) is 62.3 Å². The number of nitrogens with one attached hydrogen (secondary N) is 4. The Labute approximate surface area is 201 Å². The Morgan fingerprint density at radius 3 is 2.40 bits per heavy atom. The van der Waals surface area contributed by atoms with Gasteiger partial charge in [0.15, 0.2) is 5.69 Å². The highest BCUT2D eigenvalue weighted by molar-refractivity contribution is 6.10. The molecule has 1 aliphatic rings. The number of piperidine rings is 1. The van der Waals surface area contributed by atoms with Gasteiger partial charge in [0.05, 0.1) is 18.2 Å². The van der Waals surface area contributed by atoms with E-state index in [-0.39, 0.29) is 22.8 Å². The quantitative estimate of drug-likeness (QED) is 0.393. The van der Waals surface area contributed by atoms with Gasteiger partial charge in [-0.15, -0.1) is 0 Å². The van der Waals surface area contributed by atoms with Crippen molar-refractivity contribution in [2.24, 2.45) is 0 Å². The molecule has 4 N–H and O–H groups in total. The van der Waals surface area contributed by atoms with Crippen LogP contribution in [0.1, 0.15) is 50.6 Å². The number of H-pyrrole nitrogens is 1. The monoisotopic (exact) mass is 479 g/mol. The number of pyridine rings is 1. The van der Waals surface area contributed by atoms with Crippen molar-refractivity contribution in [1.82, 2.24) is 25.2 Å². The SMILES string of the molecule is O=C(Nc1ccc(NC(=O)c2nc[nH]c2C(=O)NCCN2CCCCC2)cn1)c1ccc(F)cc1. The average molecular weight is 480 g/mol. The third-order valence-electron chi connectivity index (χ3n) is 5.61. The van der Waals surface area contributed by atoms with E-state index in [2.05, 4.69) is 35.8 Å². The van der Waals surface area contributed by atoms with Crippen LogP contribution in [0, 0.1) is 5.82 Å². The maximum atomic E-state index is 13.0. The van der Waals surface area contributed by atoms with Crippen molar-refractivity contribution in [3.8, 4) is 0 Å². The third-order valence-corrected chi connectivity index (χ3v) is 5.61. The van der Waals surface area contributed by atoms with Crippen molar-refractivity contribution in [3.63, 3.8) is 0 Å². The zero-order valence-electron chi connectivity index (χ0n) is 19.0. The number of hydrogen-bond acceptors (Lipinski definition) is 6. The molecule has 0 radical (unpaired) electrons. The molecular weight excluding hydrogens is 453 g/mol. The molecule has 11 heteroatoms. The smallest absolute Gasteiger partial charge is 0.276 e. The van der Waals surface area contributed by atoms with Gasteiger partial charge < -0.3 is 25.8 Å². The van der Waals surface area contributed by atoms with Crippen LogP contribution in [0.25, 0.3) is 0 Å². The van der Waals surface area contributed by atoms with E-state index in [4.69, 9.17) is 0 Å². The van der Waals surface area contributed by atoms with E-state index in [1.54, 1.807) is 6.07 Å². The molecule has 1 fully saturated rings. The summed E-state index contributed by atoms with van der Waals surface area (Å²) in [5.74, 6) is -1.60. The van der Waals surface area contributed by atoms with Gasteiger partial charge in [-0.2, -0.15) is 0 Å². The Bertz CT molecular complexity index is 1170. The number of rotatable bonds is 8. The number of halogens is 1. The Hall–Kier alpha value is -4.12. The summed E-state index contributed by atoms with van der Waals surface area (Å²) in [6.07, 6.45) is 6.26. The highest BCUT2D eigenvalue weighted by Crippen LogP contribution is 2.14. The second-order valence-electron chi connectivity index (χ2n) is 8.13. The zero-order chi connectivity index (χ0) is 24.6. The number of aromatic nitrogens is 3. The minimum Gasteiger partial charge on any atom is -0.349 e. The number of imidazole rings is 1. The number of benzene rings is 1. The van der Waals surface area contributed by atoms with Crippen molar-refractivity contribution in [1.29, 1.82) is 0 Å². The van der Waals surface area contributed by atoms with Gasteiger partial charge in [-0.3, -0.25) is 14.4 Å². The van der Waals surface area contributed by atoms with Crippen LogP contribution in [-0.2, 0) is 0 Å². The molecule has 0 spiro atoms. The molecule has 0 bridgehead atoms. The molecule has 2 aromatic heterocycles. The van der Waals surface area contributed by atoms with E-state index >= 15 is 0 Å². The number of aromatic amines is 1. The van der Waals surface area contributed by atoms with Gasteiger partial charge in [0.2, 0.25) is 0 Å². The number of hydrogen-bond donors (Lipinski definition) is 4. The summed E-state index contributed by atoms with van der Waals surface area (Å²) in [5.41, 5.74) is 0.687. The van der Waals surface area contributed by atoms with Gasteiger partial charge in [-0.1, -0.05) is 6.42 Å². The van der Waals surface area contributed by atoms with Crippen molar-refractivity contribution < 1.29 is 18.8 Å². The van der Waals surface area contributed by atoms with Gasteiger partial charge in [0.1, 0.15) is 17.3 Å². The molecule has 1 aromatic carbocycles. The third kappa shape index (κ3) is 6.48. The first-order chi connectivity index (χ1) is 17.0. The molecule has 3 heterocycles. The van der Waals surface area contributed by atoms with Crippen molar-refractivity contribution >= 4 is 29.2 Å². The molecule has 1 saturated heterocycles. The van der Waals surface area contributed by atoms with Crippen LogP contribution >= 0.6 is 0 Å². The maximum Gasteiger partial charge on any atom is 0.276 e. The largest absolute Gasteiger partial charge is 0.349 e. The fourth-order valence-electron chi connectivity index (χ4n) is 3.76. The lowest BCUT2D eigenvalue weighted by Gasteiger charge is -2.26. The summed E-state index contributed by atoms with van der Waals surface area (Å²) in [7, 11) is 0. The predicted molar refractivity (Wildman–Crippen MR) is 128 cm³/mol. The summed E-state index contributed by atoms with van der Waals surface area (Å²) in [5, 5.41) is 8.06. The lowest BCUT2D eigenvalue weighted by atomic mass is 10.1. The summed E-state index contributed by atoms with van der Waals surface area (Å²) in [4.78, 5) is 50.6. The topological polar surface area (TPSA) is 132 Å². The van der Waals surface area contributed by atoms with Crippen LogP contribution in [0.15, 0.2) is 48.9 Å². The van der Waals surface area contributed by atoms with Crippen LogP contribution in [0.4, 0.5) is 15.9 Å². The number of anilines is 2. The number of likely N-dealkylation sites (tertiary alicyclic amines) is 1. The number of carbonyl (C=O) groups is 3. The molecule has 10 nitrogen and oxygen atoms in total. The van der Waals surface area contributed by atoms with Crippen LogP contribution in [0.5, 0.6) is 0 Å². The van der Waals surface area contributed by atoms with Crippen molar-refractivity contribution in [2.45, 2.75) is 19.3 Å². The lowest BCUT2D eigenvalue weighted by Crippen LogP contribution is -2.38. The molecule has 182 valence electrons. The minimum atomic E-state index is -0.572. The van der Waals surface area contributed by atoms with Gasteiger partial charge >= 0.3 is 0 Å². The van der Waals surface area contributed by atoms with Gasteiger partial charge in [-0.25, -0.2) is 14.4 Å². The first-order valence-electron chi connectivity index (χ1n) is 11.4. The molecule has 35 heavy (non-hydrogen) atoms. The fraction of sp³-hybridized carbons (Fsp3) is 0.292. The van der Waals surface area contributed by atoms with E-state index in [1.165, 1.54) is 62.1 Å². The average Bonchev–Trinajstić information content (AvgIpc) is 3.37. The van der Waals surface area contributed by atoms with Crippen molar-refractivity contribution in [2.75, 3.05) is 36.8 Å². The van der Waals surface area contributed by atoms with Gasteiger partial charge in [0, 0.05) is 18.7 Å². The minimum absolute atomic E-state index is 0.0332. The predicted octanol–water partition coefficient (Wildman–Crippen LogP) is 2.66. The first-order valence-corrected chi connectivity index (χ1v) is 11.4. The Morgan fingerprint density at radius 1 is 0.914 bits per heavy atom. The molecule has 0 aliphatic carbocycles. The highest BCUT2D eigenvalue weighted by atomic mass is 19.1. The van der Waals surface area contributed by atoms with E-state index < -0.39 is 23.5 Å². The van der Waals surface area contributed by atoms with E-state index in [0.29, 0.717) is 12.2 Å². The van der Waals surface area contributed by atoms with Crippen LogP contribution < -0.4 is 16.0 Å². The number of nitrogens with zero attached hydrogens (tertiary/aromatic N) is 3. The first kappa shape index (κ1) is 24.0. The normalized spacial score (nSPS) is 13.7. The zero-order valence-corrected chi connectivity index (χ0v) is 19.0. The lowest BCUT2D eigenvalue weighted by molar-refractivity contribution is 0.0929. The molecule has 1 aliphatic heterocycles. The molecule has 4 rings (SSSR count). The number of carbonyl (C=O) groups excluding carboxylic acids is 3. The van der Waals surface area contributed by atoms with E-state index in [9.17, 15) is 18.8 Å². The molecule has 3 amide bonds. The van der Waals surface area contributed by atoms with Crippen LogP contribution in [0.3, 0.4) is 0 Å². The summed E-state index contributed by atoms with van der Waals surface area (Å²) in [6, 6.07) is 8.18. The summed E-state index contributed by atoms with van der Waals surface area (Å²) < 4.78 is 13.0.